The summed E-state index contributed by atoms with van der Waals surface area (Å²) >= 11 is 0. The van der Waals surface area contributed by atoms with Gasteiger partial charge in [-0.15, -0.1) is 12.4 Å². The average molecular weight is 691 g/mol. The van der Waals surface area contributed by atoms with E-state index < -0.39 is 33.3 Å². The molecule has 2 fully saturated rings. The number of piperidine rings is 1. The molecule has 1 saturated carbocycles. The van der Waals surface area contributed by atoms with Crippen molar-refractivity contribution >= 4 is 45.3 Å². The predicted molar refractivity (Wildman–Crippen MR) is 178 cm³/mol. The van der Waals surface area contributed by atoms with Gasteiger partial charge in [-0.1, -0.05) is 27.7 Å². The van der Waals surface area contributed by atoms with Gasteiger partial charge in [0.2, 0.25) is 0 Å². The number of hydrogen-bond donors (Lipinski definition) is 2. The van der Waals surface area contributed by atoms with Crippen molar-refractivity contribution in [2.24, 2.45) is 5.41 Å². The molecule has 1 atom stereocenters. The molecular formula is C32H40ClFN6O6S. The molecule has 1 spiro atoms. The Bertz CT molecular complexity index is 1900. The van der Waals surface area contributed by atoms with Crippen molar-refractivity contribution in [1.29, 1.82) is 5.26 Å². The largest absolute Gasteiger partial charge is 0.465 e. The fraction of sp³-hybridized carbons (Fsp3) is 0.500. The van der Waals surface area contributed by atoms with E-state index in [1.165, 1.54) is 30.4 Å². The number of fused-ring (bicyclic) bond motifs is 1. The highest BCUT2D eigenvalue weighted by Gasteiger charge is 2.43. The van der Waals surface area contributed by atoms with E-state index in [1.54, 1.807) is 38.3 Å². The van der Waals surface area contributed by atoms with Crippen LogP contribution in [0.15, 0.2) is 35.4 Å². The van der Waals surface area contributed by atoms with Crippen LogP contribution in [0.3, 0.4) is 0 Å². The molecule has 1 amide bonds. The van der Waals surface area contributed by atoms with Crippen molar-refractivity contribution in [3.05, 3.63) is 57.9 Å². The number of anilines is 1. The fourth-order valence-corrected chi connectivity index (χ4v) is 7.48. The third-order valence-electron chi connectivity index (χ3n) is 9.38. The van der Waals surface area contributed by atoms with Gasteiger partial charge in [0.05, 0.1) is 22.9 Å². The second-order valence-electron chi connectivity index (χ2n) is 13.3. The van der Waals surface area contributed by atoms with Crippen molar-refractivity contribution < 1.29 is 27.4 Å². The second kappa shape index (κ2) is 13.3. The fourth-order valence-electron chi connectivity index (χ4n) is 6.51. The Morgan fingerprint density at radius 1 is 1.26 bits per heavy atom. The molecule has 47 heavy (non-hydrogen) atoms. The zero-order valence-corrected chi connectivity index (χ0v) is 28.7. The summed E-state index contributed by atoms with van der Waals surface area (Å²) < 4.78 is 52.7. The lowest BCUT2D eigenvalue weighted by molar-refractivity contribution is 0.0901. The molecule has 0 bridgehead atoms. The monoisotopic (exact) mass is 690 g/mol. The van der Waals surface area contributed by atoms with Crippen LogP contribution in [0.4, 0.5) is 14.9 Å². The number of aromatic nitrogens is 2. The van der Waals surface area contributed by atoms with Crippen LogP contribution >= 0.6 is 12.4 Å². The van der Waals surface area contributed by atoms with Crippen LogP contribution in [0.2, 0.25) is 0 Å². The normalized spacial score (nSPS) is 17.8. The van der Waals surface area contributed by atoms with E-state index in [0.717, 1.165) is 42.5 Å². The maximum Gasteiger partial charge on any atom is 0.407 e. The number of benzene rings is 2. The van der Waals surface area contributed by atoms with E-state index in [2.05, 4.69) is 9.71 Å². The Hall–Kier alpha value is -3.93. The van der Waals surface area contributed by atoms with Gasteiger partial charge in [-0.3, -0.25) is 14.1 Å². The summed E-state index contributed by atoms with van der Waals surface area (Å²) in [6, 6.07) is 7.51. The first kappa shape index (κ1) is 35.9. The van der Waals surface area contributed by atoms with Gasteiger partial charge in [-0.2, -0.15) is 18.0 Å². The summed E-state index contributed by atoms with van der Waals surface area (Å²) in [7, 11) is -2.69. The smallest absolute Gasteiger partial charge is 0.407 e. The van der Waals surface area contributed by atoms with E-state index in [1.807, 2.05) is 6.07 Å². The van der Waals surface area contributed by atoms with Crippen molar-refractivity contribution in [3.8, 4) is 17.6 Å². The van der Waals surface area contributed by atoms with Crippen LogP contribution in [0.5, 0.6) is 11.5 Å². The number of rotatable bonds is 7. The van der Waals surface area contributed by atoms with Crippen LogP contribution in [0.1, 0.15) is 77.0 Å². The summed E-state index contributed by atoms with van der Waals surface area (Å²) in [4.78, 5) is 31.0. The number of halogens is 2. The number of hydrogen-bond acceptors (Lipinski definition) is 7. The average Bonchev–Trinajstić information content (AvgIpc) is 3.40. The highest BCUT2D eigenvalue weighted by atomic mass is 35.5. The number of nitrogens with one attached hydrogen (secondary N) is 1. The van der Waals surface area contributed by atoms with Crippen molar-refractivity contribution in [3.63, 3.8) is 0 Å². The summed E-state index contributed by atoms with van der Waals surface area (Å²) in [6.45, 7) is 8.10. The van der Waals surface area contributed by atoms with Crippen LogP contribution < -0.4 is 15.0 Å². The minimum absolute atomic E-state index is 0. The number of nitriles is 1. The lowest BCUT2D eigenvalue weighted by Crippen LogP contribution is -2.41. The molecule has 2 N–H and O–H groups in total. The number of likely N-dealkylation sites (tertiary alicyclic amines) is 1. The van der Waals surface area contributed by atoms with Crippen LogP contribution in [-0.2, 0) is 15.6 Å². The van der Waals surface area contributed by atoms with Gasteiger partial charge >= 0.3 is 16.3 Å². The summed E-state index contributed by atoms with van der Waals surface area (Å²) in [6.07, 6.45) is 4.51. The Labute approximate surface area is 279 Å². The molecule has 2 aliphatic rings. The van der Waals surface area contributed by atoms with Crippen LogP contribution in [0.25, 0.3) is 10.9 Å². The standard InChI is InChI=1S/C32H39FN6O6S.ClH/c1-6-37(5)46(43,44)36-27-23(18-34)28(25(33)16-24(27)31(2,3)4)45-21-7-8-26-22(15-21)29(40)39(19-35-26)20-9-10-32(17-20)11-13-38(14-12-32)30(41)42;/h7-8,15-16,19-20,36H,6,9-14,17H2,1-5H3,(H,41,42);1H/t20-;/m1./s1. The van der Waals surface area contributed by atoms with Crippen molar-refractivity contribution in [2.75, 3.05) is 31.4 Å². The first-order valence-corrected chi connectivity index (χ1v) is 16.7. The summed E-state index contributed by atoms with van der Waals surface area (Å²) in [5, 5.41) is 19.7. The Morgan fingerprint density at radius 3 is 2.53 bits per heavy atom. The number of nitrogens with zero attached hydrogens (tertiary/aromatic N) is 5. The molecule has 1 aromatic heterocycles. The van der Waals surface area contributed by atoms with Gasteiger partial charge in [-0.05, 0) is 72.8 Å². The van der Waals surface area contributed by atoms with Crippen LogP contribution in [0, 0.1) is 22.6 Å². The molecule has 3 aromatic rings. The molecule has 2 aromatic carbocycles. The number of amides is 1. The lowest BCUT2D eigenvalue weighted by atomic mass is 9.77. The summed E-state index contributed by atoms with van der Waals surface area (Å²) in [5.41, 5.74) is -0.773. The topological polar surface area (TPSA) is 158 Å². The van der Waals surface area contributed by atoms with Gasteiger partial charge in [0.25, 0.3) is 5.56 Å². The predicted octanol–water partition coefficient (Wildman–Crippen LogP) is 6.01. The number of ether oxygens (including phenoxy) is 1. The van der Waals surface area contributed by atoms with Crippen molar-refractivity contribution in [2.45, 2.75) is 71.3 Å². The Kier molecular flexibility index (Phi) is 10.2. The zero-order valence-electron chi connectivity index (χ0n) is 27.0. The minimum Gasteiger partial charge on any atom is -0.465 e. The molecule has 12 nitrogen and oxygen atoms in total. The first-order valence-electron chi connectivity index (χ1n) is 15.3. The van der Waals surface area contributed by atoms with E-state index in [-0.39, 0.29) is 63.9 Å². The third kappa shape index (κ3) is 7.02. The SMILES string of the molecule is CCN(C)S(=O)(=O)Nc1c(C(C)(C)C)cc(F)c(Oc2ccc3ncn([C@@H]4CCC5(CCN(C(=O)O)CC5)C4)c(=O)c3c2)c1C#N.Cl. The van der Waals surface area contributed by atoms with Gasteiger partial charge in [-0.25, -0.2) is 14.2 Å². The second-order valence-corrected chi connectivity index (χ2v) is 15.0. The van der Waals surface area contributed by atoms with E-state index >= 15 is 4.39 Å². The highest BCUT2D eigenvalue weighted by molar-refractivity contribution is 7.90. The van der Waals surface area contributed by atoms with E-state index in [9.17, 15) is 28.4 Å². The van der Waals surface area contributed by atoms with Crippen LogP contribution in [-0.4, -0.2) is 65.1 Å². The van der Waals surface area contributed by atoms with E-state index in [0.29, 0.717) is 18.6 Å². The molecule has 0 unspecified atom stereocenters. The summed E-state index contributed by atoms with van der Waals surface area (Å²) in [5.74, 6) is -1.25. The maximum atomic E-state index is 15.7. The van der Waals surface area contributed by atoms with Gasteiger partial charge in [0.15, 0.2) is 11.6 Å². The molecule has 0 radical (unpaired) electrons. The molecule has 2 heterocycles. The molecular weight excluding hydrogens is 651 g/mol. The molecule has 1 saturated heterocycles. The van der Waals surface area contributed by atoms with Gasteiger partial charge < -0.3 is 14.7 Å². The Balaban J connectivity index is 0.00000500. The van der Waals surface area contributed by atoms with Crippen molar-refractivity contribution in [1.82, 2.24) is 18.8 Å². The highest BCUT2D eigenvalue weighted by Crippen LogP contribution is 2.50. The first-order chi connectivity index (χ1) is 21.6. The Morgan fingerprint density at radius 2 is 1.94 bits per heavy atom. The molecule has 15 heteroatoms. The molecule has 5 rings (SSSR count). The molecule has 254 valence electrons. The third-order valence-corrected chi connectivity index (χ3v) is 10.9. The van der Waals surface area contributed by atoms with E-state index in [4.69, 9.17) is 4.74 Å². The minimum atomic E-state index is -4.07. The molecule has 1 aliphatic heterocycles. The zero-order chi connectivity index (χ0) is 33.6. The maximum absolute atomic E-state index is 15.7. The molecule has 1 aliphatic carbocycles. The van der Waals surface area contributed by atoms with Gasteiger partial charge in [0, 0.05) is 32.7 Å². The number of carbonyl (C=O) groups is 1. The quantitative estimate of drug-likeness (QED) is 0.305. The number of carboxylic acid groups (broad SMARTS) is 1. The van der Waals surface area contributed by atoms with Gasteiger partial charge in [0.1, 0.15) is 17.4 Å². The lowest BCUT2D eigenvalue weighted by Gasteiger charge is -2.38.